The zero-order valence-electron chi connectivity index (χ0n) is 10.5. The molecular formula is C14H17NO2S. The SMILES string of the molecule is CC1OCCC1SCCOc1ccc(C#N)cc1. The van der Waals surface area contributed by atoms with E-state index in [1.807, 2.05) is 23.9 Å². The summed E-state index contributed by atoms with van der Waals surface area (Å²) in [6, 6.07) is 9.31. The molecule has 1 aliphatic heterocycles. The summed E-state index contributed by atoms with van der Waals surface area (Å²) in [6.45, 7) is 3.71. The zero-order chi connectivity index (χ0) is 12.8. The van der Waals surface area contributed by atoms with Crippen LogP contribution in [0.2, 0.25) is 0 Å². The molecule has 1 aliphatic rings. The number of hydrogen-bond acceptors (Lipinski definition) is 4. The summed E-state index contributed by atoms with van der Waals surface area (Å²) >= 11 is 1.92. The van der Waals surface area contributed by atoms with Crippen LogP contribution in [0.5, 0.6) is 5.75 Å². The molecule has 0 amide bonds. The monoisotopic (exact) mass is 263 g/mol. The van der Waals surface area contributed by atoms with Crippen LogP contribution in [0.3, 0.4) is 0 Å². The fraction of sp³-hybridized carbons (Fsp3) is 0.500. The third-order valence-corrected chi connectivity index (χ3v) is 4.42. The van der Waals surface area contributed by atoms with E-state index < -0.39 is 0 Å². The largest absolute Gasteiger partial charge is 0.493 e. The van der Waals surface area contributed by atoms with Crippen LogP contribution < -0.4 is 4.74 Å². The topological polar surface area (TPSA) is 42.2 Å². The van der Waals surface area contributed by atoms with Crippen molar-refractivity contribution in [3.63, 3.8) is 0 Å². The fourth-order valence-electron chi connectivity index (χ4n) is 1.92. The fourth-order valence-corrected chi connectivity index (χ4v) is 3.01. The van der Waals surface area contributed by atoms with Crippen molar-refractivity contribution in [2.45, 2.75) is 24.7 Å². The summed E-state index contributed by atoms with van der Waals surface area (Å²) in [5, 5.41) is 9.29. The van der Waals surface area contributed by atoms with Crippen molar-refractivity contribution in [3.05, 3.63) is 29.8 Å². The molecule has 0 aromatic heterocycles. The number of hydrogen-bond donors (Lipinski definition) is 0. The van der Waals surface area contributed by atoms with Gasteiger partial charge in [-0.2, -0.15) is 17.0 Å². The van der Waals surface area contributed by atoms with E-state index in [0.29, 0.717) is 23.5 Å². The van der Waals surface area contributed by atoms with E-state index in [2.05, 4.69) is 13.0 Å². The van der Waals surface area contributed by atoms with Crippen molar-refractivity contribution in [1.29, 1.82) is 5.26 Å². The lowest BCUT2D eigenvalue weighted by molar-refractivity contribution is 0.127. The molecule has 1 aromatic rings. The summed E-state index contributed by atoms with van der Waals surface area (Å²) in [7, 11) is 0. The Balaban J connectivity index is 1.67. The van der Waals surface area contributed by atoms with Crippen LogP contribution >= 0.6 is 11.8 Å². The predicted octanol–water partition coefficient (Wildman–Crippen LogP) is 2.85. The quantitative estimate of drug-likeness (QED) is 0.766. The highest BCUT2D eigenvalue weighted by Gasteiger charge is 2.23. The minimum Gasteiger partial charge on any atom is -0.493 e. The second kappa shape index (κ2) is 6.67. The molecule has 1 aromatic carbocycles. The van der Waals surface area contributed by atoms with Crippen molar-refractivity contribution in [1.82, 2.24) is 0 Å². The molecule has 0 radical (unpaired) electrons. The van der Waals surface area contributed by atoms with E-state index in [4.69, 9.17) is 14.7 Å². The van der Waals surface area contributed by atoms with Gasteiger partial charge in [-0.05, 0) is 37.6 Å². The molecular weight excluding hydrogens is 246 g/mol. The molecule has 2 rings (SSSR count). The van der Waals surface area contributed by atoms with Crippen LogP contribution in [-0.4, -0.2) is 30.3 Å². The first-order valence-corrected chi connectivity index (χ1v) is 7.20. The van der Waals surface area contributed by atoms with E-state index in [0.717, 1.165) is 24.5 Å². The Morgan fingerprint density at radius 1 is 1.44 bits per heavy atom. The highest BCUT2D eigenvalue weighted by Crippen LogP contribution is 2.26. The Morgan fingerprint density at radius 2 is 2.22 bits per heavy atom. The van der Waals surface area contributed by atoms with Gasteiger partial charge in [0, 0.05) is 17.6 Å². The van der Waals surface area contributed by atoms with Crippen molar-refractivity contribution in [3.8, 4) is 11.8 Å². The number of nitriles is 1. The van der Waals surface area contributed by atoms with Gasteiger partial charge in [0.05, 0.1) is 24.3 Å². The van der Waals surface area contributed by atoms with Gasteiger partial charge in [-0.25, -0.2) is 0 Å². The second-order valence-electron chi connectivity index (χ2n) is 4.26. The molecule has 1 fully saturated rings. The van der Waals surface area contributed by atoms with Gasteiger partial charge < -0.3 is 9.47 Å². The van der Waals surface area contributed by atoms with Crippen LogP contribution in [0.4, 0.5) is 0 Å². The minimum atomic E-state index is 0.366. The Morgan fingerprint density at radius 3 is 2.83 bits per heavy atom. The van der Waals surface area contributed by atoms with Gasteiger partial charge in [-0.1, -0.05) is 0 Å². The van der Waals surface area contributed by atoms with Crippen molar-refractivity contribution in [2.24, 2.45) is 0 Å². The molecule has 2 atom stereocenters. The zero-order valence-corrected chi connectivity index (χ0v) is 11.3. The first-order chi connectivity index (χ1) is 8.79. The number of nitrogens with zero attached hydrogens (tertiary/aromatic N) is 1. The van der Waals surface area contributed by atoms with Crippen LogP contribution in [0.25, 0.3) is 0 Å². The lowest BCUT2D eigenvalue weighted by atomic mass is 10.2. The van der Waals surface area contributed by atoms with Gasteiger partial charge >= 0.3 is 0 Å². The number of thioether (sulfide) groups is 1. The molecule has 0 bridgehead atoms. The molecule has 18 heavy (non-hydrogen) atoms. The van der Waals surface area contributed by atoms with Gasteiger partial charge in [0.15, 0.2) is 0 Å². The van der Waals surface area contributed by atoms with Gasteiger partial charge in [0.1, 0.15) is 5.75 Å². The van der Waals surface area contributed by atoms with Crippen molar-refractivity contribution >= 4 is 11.8 Å². The molecule has 4 heteroatoms. The molecule has 2 unspecified atom stereocenters. The molecule has 0 aliphatic carbocycles. The van der Waals surface area contributed by atoms with E-state index in [1.165, 1.54) is 0 Å². The Bertz CT molecular complexity index is 413. The highest BCUT2D eigenvalue weighted by molar-refractivity contribution is 8.00. The first-order valence-electron chi connectivity index (χ1n) is 6.16. The van der Waals surface area contributed by atoms with E-state index in [9.17, 15) is 0 Å². The average Bonchev–Trinajstić information content (AvgIpc) is 2.81. The van der Waals surface area contributed by atoms with E-state index in [-0.39, 0.29) is 0 Å². The van der Waals surface area contributed by atoms with Crippen LogP contribution in [0, 0.1) is 11.3 Å². The average molecular weight is 263 g/mol. The van der Waals surface area contributed by atoms with Gasteiger partial charge in [-0.15, -0.1) is 0 Å². The highest BCUT2D eigenvalue weighted by atomic mass is 32.2. The van der Waals surface area contributed by atoms with Gasteiger partial charge in [0.2, 0.25) is 0 Å². The van der Waals surface area contributed by atoms with E-state index in [1.54, 1.807) is 12.1 Å². The first kappa shape index (κ1) is 13.3. The van der Waals surface area contributed by atoms with Crippen molar-refractivity contribution < 1.29 is 9.47 Å². The molecule has 3 nitrogen and oxygen atoms in total. The summed E-state index contributed by atoms with van der Waals surface area (Å²) in [4.78, 5) is 0. The molecule has 96 valence electrons. The van der Waals surface area contributed by atoms with Gasteiger partial charge in [0.25, 0.3) is 0 Å². The lowest BCUT2D eigenvalue weighted by Crippen LogP contribution is -2.15. The second-order valence-corrected chi connectivity index (χ2v) is 5.61. The summed E-state index contributed by atoms with van der Waals surface area (Å²) in [5.41, 5.74) is 0.661. The maximum atomic E-state index is 8.68. The summed E-state index contributed by atoms with van der Waals surface area (Å²) in [5.74, 6) is 1.79. The number of benzene rings is 1. The van der Waals surface area contributed by atoms with Crippen molar-refractivity contribution in [2.75, 3.05) is 19.0 Å². The predicted molar refractivity (Wildman–Crippen MR) is 72.9 cm³/mol. The maximum Gasteiger partial charge on any atom is 0.119 e. The van der Waals surface area contributed by atoms with E-state index >= 15 is 0 Å². The molecule has 1 heterocycles. The molecule has 0 spiro atoms. The van der Waals surface area contributed by atoms with Crippen LogP contribution in [-0.2, 0) is 4.74 Å². The number of rotatable bonds is 5. The smallest absolute Gasteiger partial charge is 0.119 e. The maximum absolute atomic E-state index is 8.68. The Labute approximate surface area is 112 Å². The minimum absolute atomic E-state index is 0.366. The molecule has 0 N–H and O–H groups in total. The third-order valence-electron chi connectivity index (χ3n) is 2.97. The standard InChI is InChI=1S/C14H17NO2S/c1-11-14(6-7-16-11)18-9-8-17-13-4-2-12(10-15)3-5-13/h2-5,11,14H,6-9H2,1H3. The Kier molecular flexibility index (Phi) is 4.91. The van der Waals surface area contributed by atoms with Crippen LogP contribution in [0.15, 0.2) is 24.3 Å². The third kappa shape index (κ3) is 3.66. The normalized spacial score (nSPS) is 22.7. The molecule has 0 saturated carbocycles. The molecule has 1 saturated heterocycles. The summed E-state index contributed by atoms with van der Waals surface area (Å²) in [6.07, 6.45) is 1.51. The summed E-state index contributed by atoms with van der Waals surface area (Å²) < 4.78 is 11.1. The van der Waals surface area contributed by atoms with Crippen LogP contribution in [0.1, 0.15) is 18.9 Å². The number of ether oxygens (including phenoxy) is 2. The van der Waals surface area contributed by atoms with Gasteiger partial charge in [-0.3, -0.25) is 0 Å². The Hall–Kier alpha value is -1.18. The lowest BCUT2D eigenvalue weighted by Gasteiger charge is -2.13.